The van der Waals surface area contributed by atoms with Gasteiger partial charge in [-0.05, 0) is 85.1 Å². The van der Waals surface area contributed by atoms with Gasteiger partial charge >= 0.3 is 5.97 Å². The Morgan fingerprint density at radius 3 is 2.26 bits per heavy atom. The standard InChI is InChI=1S/C30H30BrNO3/c1-3-8-25-17-20-28(32(25)26-15-13-24(31)14-16-26)23-11-18-27(19-12-23)35-29(30(33)34-4-2)21-22-9-6-5-7-10-22/h5-7,9-20,29H,3-4,8,21H2,1-2H3/t29-/m1/s1. The van der Waals surface area contributed by atoms with Crippen LogP contribution in [0.3, 0.4) is 0 Å². The normalized spacial score (nSPS) is 11.7. The molecule has 0 fully saturated rings. The number of nitrogens with zero attached hydrogens (tertiary/aromatic N) is 1. The van der Waals surface area contributed by atoms with Crippen molar-refractivity contribution < 1.29 is 14.3 Å². The molecule has 0 aliphatic heterocycles. The molecule has 35 heavy (non-hydrogen) atoms. The van der Waals surface area contributed by atoms with Crippen LogP contribution in [-0.4, -0.2) is 23.2 Å². The molecule has 4 aromatic rings. The van der Waals surface area contributed by atoms with Crippen molar-refractivity contribution >= 4 is 21.9 Å². The largest absolute Gasteiger partial charge is 0.478 e. The van der Waals surface area contributed by atoms with Gasteiger partial charge in [-0.15, -0.1) is 0 Å². The van der Waals surface area contributed by atoms with Crippen molar-refractivity contribution in [3.05, 3.63) is 107 Å². The van der Waals surface area contributed by atoms with Gasteiger partial charge in [0.2, 0.25) is 0 Å². The monoisotopic (exact) mass is 531 g/mol. The summed E-state index contributed by atoms with van der Waals surface area (Å²) in [6, 6.07) is 30.5. The predicted octanol–water partition coefficient (Wildman–Crippen LogP) is 7.41. The summed E-state index contributed by atoms with van der Waals surface area (Å²) in [5, 5.41) is 0. The third-order valence-electron chi connectivity index (χ3n) is 5.79. The first kappa shape index (κ1) is 24.8. The Kier molecular flexibility index (Phi) is 8.43. The minimum atomic E-state index is -0.703. The third kappa shape index (κ3) is 6.23. The minimum absolute atomic E-state index is 0.319. The summed E-state index contributed by atoms with van der Waals surface area (Å²) in [4.78, 5) is 12.6. The van der Waals surface area contributed by atoms with E-state index in [0.29, 0.717) is 18.8 Å². The van der Waals surface area contributed by atoms with Gasteiger partial charge in [-0.2, -0.15) is 0 Å². The van der Waals surface area contributed by atoms with Crippen LogP contribution < -0.4 is 4.74 Å². The Balaban J connectivity index is 1.59. The molecule has 1 atom stereocenters. The lowest BCUT2D eigenvalue weighted by Gasteiger charge is -2.18. The molecular formula is C30H30BrNO3. The highest BCUT2D eigenvalue weighted by molar-refractivity contribution is 9.10. The van der Waals surface area contributed by atoms with Crippen molar-refractivity contribution in [1.82, 2.24) is 4.57 Å². The highest BCUT2D eigenvalue weighted by Crippen LogP contribution is 2.30. The molecule has 1 heterocycles. The molecule has 0 radical (unpaired) electrons. The highest BCUT2D eigenvalue weighted by Gasteiger charge is 2.22. The van der Waals surface area contributed by atoms with Gasteiger partial charge in [-0.3, -0.25) is 0 Å². The molecule has 5 heteroatoms. The molecule has 0 saturated carbocycles. The van der Waals surface area contributed by atoms with E-state index >= 15 is 0 Å². The van der Waals surface area contributed by atoms with Crippen LogP contribution in [0.5, 0.6) is 5.75 Å². The number of hydrogen-bond acceptors (Lipinski definition) is 3. The van der Waals surface area contributed by atoms with E-state index in [1.807, 2.05) is 54.6 Å². The highest BCUT2D eigenvalue weighted by atomic mass is 79.9. The van der Waals surface area contributed by atoms with Gasteiger partial charge < -0.3 is 14.0 Å². The lowest BCUT2D eigenvalue weighted by molar-refractivity contribution is -0.151. The molecule has 0 unspecified atom stereocenters. The van der Waals surface area contributed by atoms with E-state index < -0.39 is 6.10 Å². The van der Waals surface area contributed by atoms with E-state index in [9.17, 15) is 4.79 Å². The fraction of sp³-hybridized carbons (Fsp3) is 0.233. The molecule has 180 valence electrons. The Morgan fingerprint density at radius 2 is 1.60 bits per heavy atom. The zero-order valence-electron chi connectivity index (χ0n) is 20.1. The molecule has 1 aromatic heterocycles. The van der Waals surface area contributed by atoms with Crippen molar-refractivity contribution in [1.29, 1.82) is 0 Å². The molecule has 4 nitrogen and oxygen atoms in total. The molecule has 0 amide bonds. The van der Waals surface area contributed by atoms with E-state index in [2.05, 4.69) is 63.8 Å². The average Bonchev–Trinajstić information content (AvgIpc) is 3.29. The third-order valence-corrected chi connectivity index (χ3v) is 6.32. The Morgan fingerprint density at radius 1 is 0.886 bits per heavy atom. The molecule has 0 spiro atoms. The second kappa shape index (κ2) is 11.9. The van der Waals surface area contributed by atoms with Crippen LogP contribution >= 0.6 is 15.9 Å². The van der Waals surface area contributed by atoms with E-state index in [1.165, 1.54) is 5.69 Å². The Bertz CT molecular complexity index is 1230. The Labute approximate surface area is 215 Å². The lowest BCUT2D eigenvalue weighted by atomic mass is 10.1. The fourth-order valence-electron chi connectivity index (χ4n) is 4.16. The van der Waals surface area contributed by atoms with Gasteiger partial charge in [-0.25, -0.2) is 4.79 Å². The van der Waals surface area contributed by atoms with Crippen LogP contribution in [-0.2, 0) is 22.4 Å². The predicted molar refractivity (Wildman–Crippen MR) is 144 cm³/mol. The number of aromatic nitrogens is 1. The smallest absolute Gasteiger partial charge is 0.347 e. The SMILES string of the molecule is CCCc1ccc(-c2ccc(O[C@H](Cc3ccccc3)C(=O)OCC)cc2)n1-c1ccc(Br)cc1. The molecule has 0 saturated heterocycles. The van der Waals surface area contributed by atoms with E-state index in [-0.39, 0.29) is 5.97 Å². The first-order chi connectivity index (χ1) is 17.1. The number of aryl methyl sites for hydroxylation is 1. The second-order valence-electron chi connectivity index (χ2n) is 8.34. The van der Waals surface area contributed by atoms with Crippen molar-refractivity contribution in [3.63, 3.8) is 0 Å². The van der Waals surface area contributed by atoms with Gasteiger partial charge in [0.25, 0.3) is 0 Å². The summed E-state index contributed by atoms with van der Waals surface area (Å²) in [7, 11) is 0. The average molecular weight is 532 g/mol. The summed E-state index contributed by atoms with van der Waals surface area (Å²) in [5.74, 6) is 0.284. The van der Waals surface area contributed by atoms with E-state index in [1.54, 1.807) is 6.92 Å². The van der Waals surface area contributed by atoms with Gasteiger partial charge in [0, 0.05) is 22.3 Å². The van der Waals surface area contributed by atoms with Crippen LogP contribution in [0.1, 0.15) is 31.5 Å². The van der Waals surface area contributed by atoms with Crippen molar-refractivity contribution in [3.8, 4) is 22.7 Å². The van der Waals surface area contributed by atoms with Crippen molar-refractivity contribution in [2.45, 2.75) is 39.2 Å². The first-order valence-corrected chi connectivity index (χ1v) is 12.8. The quantitative estimate of drug-likeness (QED) is 0.200. The maximum absolute atomic E-state index is 12.6. The summed E-state index contributed by atoms with van der Waals surface area (Å²) < 4.78 is 14.7. The lowest BCUT2D eigenvalue weighted by Crippen LogP contribution is -2.31. The molecular weight excluding hydrogens is 502 g/mol. The molecule has 0 aliphatic carbocycles. The second-order valence-corrected chi connectivity index (χ2v) is 9.26. The molecule has 0 bridgehead atoms. The van der Waals surface area contributed by atoms with Crippen molar-refractivity contribution in [2.24, 2.45) is 0 Å². The van der Waals surface area contributed by atoms with Crippen LogP contribution in [0, 0.1) is 0 Å². The van der Waals surface area contributed by atoms with Gasteiger partial charge in [0.05, 0.1) is 12.3 Å². The number of esters is 1. The fourth-order valence-corrected chi connectivity index (χ4v) is 4.42. The van der Waals surface area contributed by atoms with Crippen molar-refractivity contribution in [2.75, 3.05) is 6.61 Å². The van der Waals surface area contributed by atoms with Gasteiger partial charge in [-0.1, -0.05) is 59.6 Å². The van der Waals surface area contributed by atoms with Gasteiger partial charge in [0.15, 0.2) is 6.10 Å². The number of benzene rings is 3. The van der Waals surface area contributed by atoms with E-state index in [0.717, 1.165) is 39.8 Å². The summed E-state index contributed by atoms with van der Waals surface area (Å²) in [6.45, 7) is 4.32. The van der Waals surface area contributed by atoms with Crippen LogP contribution in [0.2, 0.25) is 0 Å². The van der Waals surface area contributed by atoms with E-state index in [4.69, 9.17) is 9.47 Å². The molecule has 3 aromatic carbocycles. The zero-order valence-corrected chi connectivity index (χ0v) is 21.7. The summed E-state index contributed by atoms with van der Waals surface area (Å²) in [5.41, 5.74) is 5.63. The Hall–Kier alpha value is -3.31. The number of carbonyl (C=O) groups is 1. The van der Waals surface area contributed by atoms with Crippen LogP contribution in [0.25, 0.3) is 16.9 Å². The number of hydrogen-bond donors (Lipinski definition) is 0. The molecule has 4 rings (SSSR count). The topological polar surface area (TPSA) is 40.5 Å². The summed E-state index contributed by atoms with van der Waals surface area (Å²) in [6.07, 6.45) is 1.82. The number of ether oxygens (including phenoxy) is 2. The molecule has 0 aliphatic rings. The maximum atomic E-state index is 12.6. The number of rotatable bonds is 10. The minimum Gasteiger partial charge on any atom is -0.478 e. The van der Waals surface area contributed by atoms with Crippen LogP contribution in [0.4, 0.5) is 0 Å². The summed E-state index contributed by atoms with van der Waals surface area (Å²) >= 11 is 3.53. The molecule has 0 N–H and O–H groups in total. The maximum Gasteiger partial charge on any atom is 0.347 e. The van der Waals surface area contributed by atoms with Gasteiger partial charge in [0.1, 0.15) is 5.75 Å². The number of halogens is 1. The first-order valence-electron chi connectivity index (χ1n) is 12.0. The zero-order chi connectivity index (χ0) is 24.6. The number of carbonyl (C=O) groups excluding carboxylic acids is 1. The van der Waals surface area contributed by atoms with Crippen LogP contribution in [0.15, 0.2) is 95.5 Å².